The number of hydrogen-bond acceptors (Lipinski definition) is 2. The van der Waals surface area contributed by atoms with Crippen LogP contribution in [-0.4, -0.2) is 11.4 Å². The minimum absolute atomic E-state index is 0.174. The zero-order valence-corrected chi connectivity index (χ0v) is 8.79. The summed E-state index contributed by atoms with van der Waals surface area (Å²) in [4.78, 5) is 11.6. The van der Waals surface area contributed by atoms with Crippen LogP contribution in [0.15, 0.2) is 24.3 Å². The highest BCUT2D eigenvalue weighted by Crippen LogP contribution is 2.14. The van der Waals surface area contributed by atoms with Gasteiger partial charge in [-0.25, -0.2) is 0 Å². The monoisotopic (exact) mass is 192 g/mol. The number of para-hydroxylation sites is 1. The fraction of sp³-hybridized carbons (Fsp3) is 0.364. The molecule has 3 heteroatoms. The number of nitrogens with one attached hydrogen (secondary N) is 1. The molecular weight excluding hydrogens is 176 g/mol. The van der Waals surface area contributed by atoms with Gasteiger partial charge < -0.3 is 11.1 Å². The molecule has 0 saturated heterocycles. The zero-order valence-electron chi connectivity index (χ0n) is 8.79. The molecule has 0 aliphatic rings. The van der Waals surface area contributed by atoms with Gasteiger partial charge in [0.2, 0.25) is 5.91 Å². The number of carbonyl (C=O) groups excluding carboxylic acids is 1. The molecule has 0 fully saturated rings. The van der Waals surface area contributed by atoms with Gasteiger partial charge in [0.1, 0.15) is 0 Å². The highest BCUT2D eigenvalue weighted by Gasteiger charge is 2.21. The predicted octanol–water partition coefficient (Wildman–Crippen LogP) is 1.67. The Morgan fingerprint density at radius 3 is 2.43 bits per heavy atom. The molecule has 3 nitrogen and oxygen atoms in total. The Morgan fingerprint density at radius 2 is 1.93 bits per heavy atom. The van der Waals surface area contributed by atoms with Gasteiger partial charge in [-0.3, -0.25) is 4.79 Å². The smallest absolute Gasteiger partial charge is 0.243 e. The van der Waals surface area contributed by atoms with Gasteiger partial charge in [-0.2, -0.15) is 0 Å². The number of anilines is 1. The largest absolute Gasteiger partial charge is 0.324 e. The first-order valence-electron chi connectivity index (χ1n) is 4.57. The van der Waals surface area contributed by atoms with Crippen LogP contribution in [0.4, 0.5) is 5.69 Å². The van der Waals surface area contributed by atoms with Crippen molar-refractivity contribution in [3.05, 3.63) is 29.8 Å². The minimum atomic E-state index is -0.845. The second-order valence-corrected chi connectivity index (χ2v) is 3.99. The normalized spacial score (nSPS) is 11.1. The number of amides is 1. The Balaban J connectivity index is 2.80. The summed E-state index contributed by atoms with van der Waals surface area (Å²) in [5.41, 5.74) is 6.67. The second kappa shape index (κ2) is 3.80. The van der Waals surface area contributed by atoms with E-state index in [-0.39, 0.29) is 5.91 Å². The van der Waals surface area contributed by atoms with Gasteiger partial charge in [-0.15, -0.1) is 0 Å². The maximum Gasteiger partial charge on any atom is 0.243 e. The van der Waals surface area contributed by atoms with Crippen molar-refractivity contribution < 1.29 is 4.79 Å². The third kappa shape index (κ3) is 2.57. The zero-order chi connectivity index (χ0) is 10.8. The van der Waals surface area contributed by atoms with Gasteiger partial charge >= 0.3 is 0 Å². The lowest BCUT2D eigenvalue weighted by molar-refractivity contribution is -0.120. The summed E-state index contributed by atoms with van der Waals surface area (Å²) in [6.07, 6.45) is 0. The Kier molecular flexibility index (Phi) is 2.91. The lowest BCUT2D eigenvalue weighted by Crippen LogP contribution is -2.45. The third-order valence-electron chi connectivity index (χ3n) is 1.98. The standard InChI is InChI=1S/C11H16N2O/c1-8-6-4-5-7-9(8)13-10(14)11(2,3)12/h4-7H,12H2,1-3H3,(H,13,14). The molecule has 0 unspecified atom stereocenters. The molecule has 1 amide bonds. The van der Waals surface area contributed by atoms with Gasteiger partial charge in [0, 0.05) is 5.69 Å². The van der Waals surface area contributed by atoms with E-state index in [1.54, 1.807) is 13.8 Å². The highest BCUT2D eigenvalue weighted by atomic mass is 16.2. The van der Waals surface area contributed by atoms with Crippen molar-refractivity contribution in [2.45, 2.75) is 26.3 Å². The minimum Gasteiger partial charge on any atom is -0.324 e. The number of carbonyl (C=O) groups is 1. The van der Waals surface area contributed by atoms with Crippen molar-refractivity contribution >= 4 is 11.6 Å². The molecule has 0 heterocycles. The molecular formula is C11H16N2O. The van der Waals surface area contributed by atoms with E-state index in [0.29, 0.717) is 0 Å². The summed E-state index contributed by atoms with van der Waals surface area (Å²) in [7, 11) is 0. The Labute approximate surface area is 84.3 Å². The van der Waals surface area contributed by atoms with Crippen LogP contribution in [0.2, 0.25) is 0 Å². The van der Waals surface area contributed by atoms with Crippen LogP contribution in [0.3, 0.4) is 0 Å². The quantitative estimate of drug-likeness (QED) is 0.749. The summed E-state index contributed by atoms with van der Waals surface area (Å²) in [5, 5.41) is 2.79. The number of nitrogens with two attached hydrogens (primary N) is 1. The maximum absolute atomic E-state index is 11.6. The first-order chi connectivity index (χ1) is 6.41. The molecule has 0 saturated carbocycles. The summed E-state index contributed by atoms with van der Waals surface area (Å²) < 4.78 is 0. The van der Waals surface area contributed by atoms with Crippen molar-refractivity contribution in [2.75, 3.05) is 5.32 Å². The fourth-order valence-corrected chi connectivity index (χ4v) is 0.997. The van der Waals surface area contributed by atoms with E-state index in [9.17, 15) is 4.79 Å². The number of rotatable bonds is 2. The van der Waals surface area contributed by atoms with Crippen LogP contribution in [0.25, 0.3) is 0 Å². The maximum atomic E-state index is 11.6. The average molecular weight is 192 g/mol. The Hall–Kier alpha value is -1.35. The lowest BCUT2D eigenvalue weighted by atomic mass is 10.1. The van der Waals surface area contributed by atoms with Crippen LogP contribution in [0, 0.1) is 6.92 Å². The van der Waals surface area contributed by atoms with Crippen LogP contribution in [-0.2, 0) is 4.79 Å². The topological polar surface area (TPSA) is 55.1 Å². The first kappa shape index (κ1) is 10.7. The van der Waals surface area contributed by atoms with Gasteiger partial charge in [-0.1, -0.05) is 18.2 Å². The second-order valence-electron chi connectivity index (χ2n) is 3.99. The van der Waals surface area contributed by atoms with E-state index in [2.05, 4.69) is 5.32 Å². The summed E-state index contributed by atoms with van der Waals surface area (Å²) in [6, 6.07) is 7.61. The van der Waals surface area contributed by atoms with E-state index >= 15 is 0 Å². The van der Waals surface area contributed by atoms with Gasteiger partial charge in [0.25, 0.3) is 0 Å². The molecule has 0 bridgehead atoms. The van der Waals surface area contributed by atoms with Crippen molar-refractivity contribution in [3.63, 3.8) is 0 Å². The SMILES string of the molecule is Cc1ccccc1NC(=O)C(C)(C)N. The van der Waals surface area contributed by atoms with Crippen molar-refractivity contribution in [1.29, 1.82) is 0 Å². The van der Waals surface area contributed by atoms with Crippen molar-refractivity contribution in [3.8, 4) is 0 Å². The van der Waals surface area contributed by atoms with Crippen LogP contribution in [0.1, 0.15) is 19.4 Å². The van der Waals surface area contributed by atoms with Crippen LogP contribution >= 0.6 is 0 Å². The molecule has 0 spiro atoms. The van der Waals surface area contributed by atoms with E-state index in [1.165, 1.54) is 0 Å². The molecule has 3 N–H and O–H groups in total. The lowest BCUT2D eigenvalue weighted by Gasteiger charge is -2.18. The van der Waals surface area contributed by atoms with E-state index < -0.39 is 5.54 Å². The van der Waals surface area contributed by atoms with E-state index in [0.717, 1.165) is 11.3 Å². The van der Waals surface area contributed by atoms with Crippen LogP contribution < -0.4 is 11.1 Å². The number of aryl methyl sites for hydroxylation is 1. The molecule has 0 aliphatic heterocycles. The molecule has 0 atom stereocenters. The van der Waals surface area contributed by atoms with Gasteiger partial charge in [0.05, 0.1) is 5.54 Å². The molecule has 0 radical (unpaired) electrons. The summed E-state index contributed by atoms with van der Waals surface area (Å²) >= 11 is 0. The first-order valence-corrected chi connectivity index (χ1v) is 4.57. The highest BCUT2D eigenvalue weighted by molar-refractivity contribution is 5.97. The molecule has 14 heavy (non-hydrogen) atoms. The molecule has 0 aromatic heterocycles. The Bertz CT molecular complexity index is 339. The molecule has 1 aromatic carbocycles. The molecule has 76 valence electrons. The average Bonchev–Trinajstić information content (AvgIpc) is 2.07. The molecule has 0 aliphatic carbocycles. The van der Waals surface area contributed by atoms with Gasteiger partial charge in [-0.05, 0) is 32.4 Å². The predicted molar refractivity (Wildman–Crippen MR) is 58.1 cm³/mol. The van der Waals surface area contributed by atoms with Crippen molar-refractivity contribution in [1.82, 2.24) is 0 Å². The Morgan fingerprint density at radius 1 is 1.36 bits per heavy atom. The van der Waals surface area contributed by atoms with Crippen LogP contribution in [0.5, 0.6) is 0 Å². The number of hydrogen-bond donors (Lipinski definition) is 2. The summed E-state index contributed by atoms with van der Waals surface area (Å²) in [6.45, 7) is 5.31. The third-order valence-corrected chi connectivity index (χ3v) is 1.98. The number of benzene rings is 1. The molecule has 1 rings (SSSR count). The summed E-state index contributed by atoms with van der Waals surface area (Å²) in [5.74, 6) is -0.174. The molecule has 1 aromatic rings. The fourth-order valence-electron chi connectivity index (χ4n) is 0.997. The van der Waals surface area contributed by atoms with E-state index in [4.69, 9.17) is 5.73 Å². The van der Waals surface area contributed by atoms with Gasteiger partial charge in [0.15, 0.2) is 0 Å². The van der Waals surface area contributed by atoms with Crippen molar-refractivity contribution in [2.24, 2.45) is 5.73 Å². The van der Waals surface area contributed by atoms with E-state index in [1.807, 2.05) is 31.2 Å².